The number of imidazole rings is 1. The number of hydrogen-bond acceptors (Lipinski definition) is 2. The molecule has 62 valence electrons. The molecule has 0 amide bonds. The average molecular weight is 178 g/mol. The molecule has 0 atom stereocenters. The Bertz CT molecular complexity index is 348. The maximum atomic E-state index is 4.30. The molecule has 0 spiro atoms. The van der Waals surface area contributed by atoms with Crippen LogP contribution in [0.2, 0.25) is 0 Å². The van der Waals surface area contributed by atoms with Gasteiger partial charge in [0.25, 0.3) is 0 Å². The van der Waals surface area contributed by atoms with Gasteiger partial charge in [0.2, 0.25) is 0 Å². The molecule has 12 heavy (non-hydrogen) atoms. The van der Waals surface area contributed by atoms with Crippen LogP contribution in [0.3, 0.4) is 0 Å². The average Bonchev–Trinajstić information content (AvgIpc) is 2.74. The Morgan fingerprint density at radius 3 is 3.17 bits per heavy atom. The van der Waals surface area contributed by atoms with E-state index in [9.17, 15) is 0 Å². The van der Waals surface area contributed by atoms with Crippen LogP contribution in [0.15, 0.2) is 29.9 Å². The van der Waals surface area contributed by atoms with E-state index in [0.29, 0.717) is 0 Å². The zero-order valence-electron chi connectivity index (χ0n) is 6.90. The highest BCUT2D eigenvalue weighted by Crippen LogP contribution is 2.22. The van der Waals surface area contributed by atoms with E-state index in [1.165, 1.54) is 4.88 Å². The Labute approximate surface area is 75.5 Å². The van der Waals surface area contributed by atoms with Crippen molar-refractivity contribution in [3.63, 3.8) is 0 Å². The number of thiophene rings is 1. The first-order valence-corrected chi connectivity index (χ1v) is 4.85. The molecule has 0 aliphatic carbocycles. The highest BCUT2D eigenvalue weighted by atomic mass is 32.1. The van der Waals surface area contributed by atoms with Crippen molar-refractivity contribution < 1.29 is 0 Å². The second kappa shape index (κ2) is 3.11. The fourth-order valence-electron chi connectivity index (χ4n) is 1.20. The van der Waals surface area contributed by atoms with Crippen molar-refractivity contribution in [2.45, 2.75) is 13.5 Å². The van der Waals surface area contributed by atoms with Gasteiger partial charge in [-0.05, 0) is 18.4 Å². The van der Waals surface area contributed by atoms with Crippen LogP contribution in [0, 0.1) is 0 Å². The molecule has 0 aliphatic heterocycles. The summed E-state index contributed by atoms with van der Waals surface area (Å²) in [4.78, 5) is 5.54. The Hall–Kier alpha value is -1.09. The van der Waals surface area contributed by atoms with E-state index >= 15 is 0 Å². The van der Waals surface area contributed by atoms with E-state index in [2.05, 4.69) is 34.0 Å². The van der Waals surface area contributed by atoms with Gasteiger partial charge in [-0.3, -0.25) is 0 Å². The molecular weight excluding hydrogens is 168 g/mol. The van der Waals surface area contributed by atoms with E-state index in [1.807, 2.05) is 12.4 Å². The lowest BCUT2D eigenvalue weighted by Crippen LogP contribution is -1.93. The highest BCUT2D eigenvalue weighted by molar-refractivity contribution is 7.13. The summed E-state index contributed by atoms with van der Waals surface area (Å²) in [7, 11) is 0. The number of hydrogen-bond donors (Lipinski definition) is 0. The number of rotatable bonds is 2. The van der Waals surface area contributed by atoms with Crippen molar-refractivity contribution in [2.75, 3.05) is 0 Å². The summed E-state index contributed by atoms with van der Waals surface area (Å²) < 4.78 is 2.14. The smallest absolute Gasteiger partial charge is 0.149 e. The van der Waals surface area contributed by atoms with Gasteiger partial charge in [0.1, 0.15) is 5.82 Å². The maximum Gasteiger partial charge on any atom is 0.149 e. The molecule has 2 aromatic rings. The topological polar surface area (TPSA) is 17.8 Å². The lowest BCUT2D eigenvalue weighted by Gasteiger charge is -2.00. The molecular formula is C9H10N2S. The van der Waals surface area contributed by atoms with Crippen molar-refractivity contribution in [1.82, 2.24) is 9.55 Å². The van der Waals surface area contributed by atoms with Crippen LogP contribution in [-0.4, -0.2) is 9.55 Å². The normalized spacial score (nSPS) is 10.4. The van der Waals surface area contributed by atoms with E-state index in [1.54, 1.807) is 11.3 Å². The van der Waals surface area contributed by atoms with E-state index in [-0.39, 0.29) is 0 Å². The second-order valence-corrected chi connectivity index (χ2v) is 3.46. The van der Waals surface area contributed by atoms with Gasteiger partial charge in [-0.15, -0.1) is 11.3 Å². The SMILES string of the molecule is CCn1ccnc1-c1cccs1. The third kappa shape index (κ3) is 1.16. The van der Waals surface area contributed by atoms with Gasteiger partial charge in [-0.2, -0.15) is 0 Å². The molecule has 0 unspecified atom stereocenters. The lowest BCUT2D eigenvalue weighted by atomic mass is 10.4. The standard InChI is InChI=1S/C9H10N2S/c1-2-11-6-5-10-9(11)8-4-3-7-12-8/h3-7H,2H2,1H3. The van der Waals surface area contributed by atoms with Gasteiger partial charge in [-0.1, -0.05) is 6.07 Å². The summed E-state index contributed by atoms with van der Waals surface area (Å²) in [5.41, 5.74) is 0. The molecule has 0 aromatic carbocycles. The summed E-state index contributed by atoms with van der Waals surface area (Å²) >= 11 is 1.73. The van der Waals surface area contributed by atoms with Crippen LogP contribution in [-0.2, 0) is 6.54 Å². The molecule has 3 heteroatoms. The predicted octanol–water partition coefficient (Wildman–Crippen LogP) is 2.63. The summed E-state index contributed by atoms with van der Waals surface area (Å²) in [6.45, 7) is 3.10. The monoisotopic (exact) mass is 178 g/mol. The first-order chi connectivity index (χ1) is 5.92. The third-order valence-electron chi connectivity index (χ3n) is 1.80. The minimum Gasteiger partial charge on any atom is -0.331 e. The van der Waals surface area contributed by atoms with Crippen molar-refractivity contribution in [3.05, 3.63) is 29.9 Å². The number of aromatic nitrogens is 2. The minimum atomic E-state index is 0.979. The number of nitrogens with zero attached hydrogens (tertiary/aromatic N) is 2. The molecule has 2 aromatic heterocycles. The summed E-state index contributed by atoms with van der Waals surface area (Å²) in [6, 6.07) is 4.15. The van der Waals surface area contributed by atoms with Crippen LogP contribution in [0.1, 0.15) is 6.92 Å². The van der Waals surface area contributed by atoms with Crippen molar-refractivity contribution >= 4 is 11.3 Å². The largest absolute Gasteiger partial charge is 0.331 e. The Balaban J connectivity index is 2.46. The lowest BCUT2D eigenvalue weighted by molar-refractivity contribution is 0.772. The molecule has 0 aliphatic rings. The molecule has 2 nitrogen and oxygen atoms in total. The molecule has 2 heterocycles. The molecule has 0 saturated heterocycles. The fourth-order valence-corrected chi connectivity index (χ4v) is 1.93. The zero-order chi connectivity index (χ0) is 8.39. The first kappa shape index (κ1) is 7.55. The quantitative estimate of drug-likeness (QED) is 0.691. The Morgan fingerprint density at radius 2 is 2.50 bits per heavy atom. The zero-order valence-corrected chi connectivity index (χ0v) is 7.71. The van der Waals surface area contributed by atoms with E-state index < -0.39 is 0 Å². The molecule has 0 bridgehead atoms. The van der Waals surface area contributed by atoms with Gasteiger partial charge in [0.05, 0.1) is 4.88 Å². The molecule has 2 rings (SSSR count). The maximum absolute atomic E-state index is 4.30. The van der Waals surface area contributed by atoms with E-state index in [4.69, 9.17) is 0 Å². The van der Waals surface area contributed by atoms with Gasteiger partial charge in [-0.25, -0.2) is 4.98 Å². The fraction of sp³-hybridized carbons (Fsp3) is 0.222. The molecule has 0 radical (unpaired) electrons. The number of aryl methyl sites for hydroxylation is 1. The van der Waals surface area contributed by atoms with Gasteiger partial charge < -0.3 is 4.57 Å². The van der Waals surface area contributed by atoms with Crippen LogP contribution in [0.25, 0.3) is 10.7 Å². The second-order valence-electron chi connectivity index (χ2n) is 2.51. The minimum absolute atomic E-state index is 0.979. The van der Waals surface area contributed by atoms with Crippen LogP contribution in [0.5, 0.6) is 0 Å². The highest BCUT2D eigenvalue weighted by Gasteiger charge is 2.03. The van der Waals surface area contributed by atoms with Crippen LogP contribution < -0.4 is 0 Å². The Kier molecular flexibility index (Phi) is 1.96. The van der Waals surface area contributed by atoms with Gasteiger partial charge in [0.15, 0.2) is 0 Å². The van der Waals surface area contributed by atoms with Crippen molar-refractivity contribution in [1.29, 1.82) is 0 Å². The molecule has 0 fully saturated rings. The Morgan fingerprint density at radius 1 is 1.58 bits per heavy atom. The van der Waals surface area contributed by atoms with Crippen molar-refractivity contribution in [3.8, 4) is 10.7 Å². The first-order valence-electron chi connectivity index (χ1n) is 3.97. The van der Waals surface area contributed by atoms with Crippen molar-refractivity contribution in [2.24, 2.45) is 0 Å². The van der Waals surface area contributed by atoms with Crippen LogP contribution >= 0.6 is 11.3 Å². The van der Waals surface area contributed by atoms with Gasteiger partial charge >= 0.3 is 0 Å². The summed E-state index contributed by atoms with van der Waals surface area (Å²) in [5, 5.41) is 2.07. The van der Waals surface area contributed by atoms with Crippen LogP contribution in [0.4, 0.5) is 0 Å². The summed E-state index contributed by atoms with van der Waals surface area (Å²) in [5.74, 6) is 1.08. The molecule has 0 saturated carbocycles. The van der Waals surface area contributed by atoms with E-state index in [0.717, 1.165) is 12.4 Å². The predicted molar refractivity (Wildman–Crippen MR) is 51.2 cm³/mol. The summed E-state index contributed by atoms with van der Waals surface area (Å²) in [6.07, 6.45) is 3.85. The third-order valence-corrected chi connectivity index (χ3v) is 2.66. The molecule has 0 N–H and O–H groups in total. The van der Waals surface area contributed by atoms with Gasteiger partial charge in [0, 0.05) is 18.9 Å².